The van der Waals surface area contributed by atoms with E-state index in [0.29, 0.717) is 6.07 Å². The predicted molar refractivity (Wildman–Crippen MR) is 93.2 cm³/mol. The second-order valence-corrected chi connectivity index (χ2v) is 6.75. The van der Waals surface area contributed by atoms with Gasteiger partial charge in [0.15, 0.2) is 5.60 Å². The van der Waals surface area contributed by atoms with E-state index in [4.69, 9.17) is 34.8 Å². The fourth-order valence-corrected chi connectivity index (χ4v) is 3.69. The molecule has 0 radical (unpaired) electrons. The molecule has 9 heteroatoms. The Bertz CT molecular complexity index is 986. The van der Waals surface area contributed by atoms with Crippen LogP contribution in [0.1, 0.15) is 22.5 Å². The van der Waals surface area contributed by atoms with Crippen LogP contribution in [0.2, 0.25) is 15.3 Å². The maximum absolute atomic E-state index is 14.7. The molecule has 3 rings (SSSR count). The fraction of sp³-hybridized carbons (Fsp3) is 0.118. The summed E-state index contributed by atoms with van der Waals surface area (Å²) in [5, 5.41) is 10.9. The SMILES string of the molecule is Cc1[nH]c(Cl)nc1C(O)(c1ccc(F)cc1Cl)c1c(F)cc(F)cc1Cl. The number of aliphatic hydroxyl groups is 1. The van der Waals surface area contributed by atoms with E-state index >= 15 is 0 Å². The Morgan fingerprint density at radius 1 is 1.00 bits per heavy atom. The standard InChI is InChI=1S/C17H10Cl3F3N2O/c1-7-15(25-16(20)24-7)17(26,10-3-2-8(21)4-11(10)18)14-12(19)5-9(22)6-13(14)23/h2-6,26H,1H3,(H,24,25). The molecule has 1 unspecified atom stereocenters. The van der Waals surface area contributed by atoms with Gasteiger partial charge in [0.05, 0.1) is 10.0 Å². The third-order valence-electron chi connectivity index (χ3n) is 3.89. The van der Waals surface area contributed by atoms with Gasteiger partial charge in [0, 0.05) is 22.9 Å². The number of aromatic nitrogens is 2. The van der Waals surface area contributed by atoms with E-state index in [0.717, 1.165) is 18.2 Å². The largest absolute Gasteiger partial charge is 0.374 e. The van der Waals surface area contributed by atoms with E-state index in [1.807, 2.05) is 0 Å². The summed E-state index contributed by atoms with van der Waals surface area (Å²) in [7, 11) is 0. The van der Waals surface area contributed by atoms with Crippen molar-refractivity contribution in [2.75, 3.05) is 0 Å². The normalized spacial score (nSPS) is 13.7. The van der Waals surface area contributed by atoms with E-state index in [1.54, 1.807) is 0 Å². The van der Waals surface area contributed by atoms with E-state index < -0.39 is 33.6 Å². The topological polar surface area (TPSA) is 48.9 Å². The molecule has 0 saturated heterocycles. The highest BCUT2D eigenvalue weighted by molar-refractivity contribution is 6.32. The minimum absolute atomic E-state index is 0.0761. The summed E-state index contributed by atoms with van der Waals surface area (Å²) < 4.78 is 41.6. The maximum Gasteiger partial charge on any atom is 0.200 e. The Morgan fingerprint density at radius 2 is 1.65 bits per heavy atom. The summed E-state index contributed by atoms with van der Waals surface area (Å²) in [6.45, 7) is 1.53. The first-order valence-corrected chi connectivity index (χ1v) is 8.33. The van der Waals surface area contributed by atoms with Gasteiger partial charge in [0.1, 0.15) is 23.1 Å². The molecule has 0 spiro atoms. The van der Waals surface area contributed by atoms with E-state index in [-0.39, 0.29) is 27.3 Å². The molecular weight excluding hydrogens is 412 g/mol. The first-order valence-electron chi connectivity index (χ1n) is 7.20. The quantitative estimate of drug-likeness (QED) is 0.596. The van der Waals surface area contributed by atoms with Crippen molar-refractivity contribution in [1.29, 1.82) is 0 Å². The van der Waals surface area contributed by atoms with Gasteiger partial charge in [-0.3, -0.25) is 0 Å². The van der Waals surface area contributed by atoms with Gasteiger partial charge >= 0.3 is 0 Å². The summed E-state index contributed by atoms with van der Waals surface area (Å²) in [4.78, 5) is 6.66. The van der Waals surface area contributed by atoms with Gasteiger partial charge in [-0.1, -0.05) is 29.3 Å². The van der Waals surface area contributed by atoms with Crippen molar-refractivity contribution in [2.45, 2.75) is 12.5 Å². The van der Waals surface area contributed by atoms with Crippen molar-refractivity contribution in [3.05, 3.63) is 85.6 Å². The van der Waals surface area contributed by atoms with Crippen LogP contribution in [-0.2, 0) is 5.60 Å². The number of aryl methyl sites for hydroxylation is 1. The van der Waals surface area contributed by atoms with Crippen LogP contribution in [0, 0.1) is 24.4 Å². The molecule has 0 bridgehead atoms. The molecule has 2 N–H and O–H groups in total. The Morgan fingerprint density at radius 3 is 2.19 bits per heavy atom. The Hall–Kier alpha value is -1.73. The van der Waals surface area contributed by atoms with E-state index in [1.165, 1.54) is 13.0 Å². The number of hydrogen-bond donors (Lipinski definition) is 2. The minimum atomic E-state index is -2.35. The van der Waals surface area contributed by atoms with Crippen molar-refractivity contribution >= 4 is 34.8 Å². The van der Waals surface area contributed by atoms with Crippen LogP contribution in [0.15, 0.2) is 30.3 Å². The average Bonchev–Trinajstić information content (AvgIpc) is 2.85. The van der Waals surface area contributed by atoms with Gasteiger partial charge in [-0.25, -0.2) is 18.2 Å². The molecule has 1 atom stereocenters. The average molecular weight is 422 g/mol. The molecule has 26 heavy (non-hydrogen) atoms. The Labute approximate surface area is 161 Å². The molecule has 3 nitrogen and oxygen atoms in total. The van der Waals surface area contributed by atoms with Crippen LogP contribution in [0.4, 0.5) is 13.2 Å². The number of halogens is 6. The molecular formula is C17H10Cl3F3N2O. The van der Waals surface area contributed by atoms with Crippen LogP contribution in [-0.4, -0.2) is 15.1 Å². The van der Waals surface area contributed by atoms with E-state index in [2.05, 4.69) is 9.97 Å². The molecule has 0 aliphatic carbocycles. The highest BCUT2D eigenvalue weighted by atomic mass is 35.5. The second kappa shape index (κ2) is 6.78. The molecule has 0 amide bonds. The van der Waals surface area contributed by atoms with Crippen LogP contribution in [0.5, 0.6) is 0 Å². The molecule has 1 heterocycles. The lowest BCUT2D eigenvalue weighted by Crippen LogP contribution is -2.32. The molecule has 2 aromatic carbocycles. The number of benzene rings is 2. The van der Waals surface area contributed by atoms with Gasteiger partial charge in [-0.2, -0.15) is 0 Å². The summed E-state index contributed by atoms with van der Waals surface area (Å²) in [5.74, 6) is -2.72. The zero-order valence-electron chi connectivity index (χ0n) is 13.0. The van der Waals surface area contributed by atoms with Crippen molar-refractivity contribution < 1.29 is 18.3 Å². The number of nitrogens with one attached hydrogen (secondary N) is 1. The van der Waals surface area contributed by atoms with Gasteiger partial charge in [-0.15, -0.1) is 0 Å². The van der Waals surface area contributed by atoms with Crippen LogP contribution < -0.4 is 0 Å². The van der Waals surface area contributed by atoms with Crippen LogP contribution in [0.25, 0.3) is 0 Å². The zero-order valence-corrected chi connectivity index (χ0v) is 15.3. The van der Waals surface area contributed by atoms with Gasteiger partial charge in [-0.05, 0) is 36.7 Å². The van der Waals surface area contributed by atoms with Gasteiger partial charge < -0.3 is 10.1 Å². The first-order chi connectivity index (χ1) is 12.1. The lowest BCUT2D eigenvalue weighted by molar-refractivity contribution is 0.116. The first kappa shape index (κ1) is 19.0. The molecule has 0 saturated carbocycles. The highest BCUT2D eigenvalue weighted by Crippen LogP contribution is 2.44. The lowest BCUT2D eigenvalue weighted by atomic mass is 9.82. The third-order valence-corrected chi connectivity index (χ3v) is 4.68. The Kier molecular flexibility index (Phi) is 4.96. The second-order valence-electron chi connectivity index (χ2n) is 5.58. The number of rotatable bonds is 3. The number of hydrogen-bond acceptors (Lipinski definition) is 2. The van der Waals surface area contributed by atoms with Crippen molar-refractivity contribution in [3.63, 3.8) is 0 Å². The van der Waals surface area contributed by atoms with Crippen molar-refractivity contribution in [1.82, 2.24) is 9.97 Å². The molecule has 0 fully saturated rings. The number of nitrogens with zero attached hydrogens (tertiary/aromatic N) is 1. The third kappa shape index (κ3) is 3.07. The van der Waals surface area contributed by atoms with Crippen molar-refractivity contribution in [3.8, 4) is 0 Å². The smallest absolute Gasteiger partial charge is 0.200 e. The molecule has 0 aliphatic heterocycles. The summed E-state index contributed by atoms with van der Waals surface area (Å²) in [6.07, 6.45) is 0. The highest BCUT2D eigenvalue weighted by Gasteiger charge is 2.43. The van der Waals surface area contributed by atoms with Crippen LogP contribution >= 0.6 is 34.8 Å². The fourth-order valence-electron chi connectivity index (χ4n) is 2.83. The van der Waals surface area contributed by atoms with Crippen molar-refractivity contribution in [2.24, 2.45) is 0 Å². The number of imidazole rings is 1. The van der Waals surface area contributed by atoms with E-state index in [9.17, 15) is 18.3 Å². The predicted octanol–water partition coefficient (Wildman–Crippen LogP) is 5.38. The molecule has 0 aliphatic rings. The molecule has 1 aromatic heterocycles. The molecule has 136 valence electrons. The monoisotopic (exact) mass is 420 g/mol. The van der Waals surface area contributed by atoms with Gasteiger partial charge in [0.2, 0.25) is 5.28 Å². The zero-order chi connectivity index (χ0) is 19.2. The summed E-state index contributed by atoms with van der Waals surface area (Å²) >= 11 is 18.0. The van der Waals surface area contributed by atoms with Crippen LogP contribution in [0.3, 0.4) is 0 Å². The van der Waals surface area contributed by atoms with Gasteiger partial charge in [0.25, 0.3) is 0 Å². The Balaban J connectivity index is 2.43. The minimum Gasteiger partial charge on any atom is -0.374 e. The number of H-pyrrole nitrogens is 1. The lowest BCUT2D eigenvalue weighted by Gasteiger charge is -2.30. The molecule has 3 aromatic rings. The summed E-state index contributed by atoms with van der Waals surface area (Å²) in [6, 6.07) is 4.55. The maximum atomic E-state index is 14.7. The summed E-state index contributed by atoms with van der Waals surface area (Å²) in [5.41, 5.74) is -2.76. The number of aromatic amines is 1.